The van der Waals surface area contributed by atoms with Crippen LogP contribution >= 0.6 is 0 Å². The van der Waals surface area contributed by atoms with Gasteiger partial charge in [0.05, 0.1) is 0 Å². The van der Waals surface area contributed by atoms with Crippen LogP contribution in [0.4, 0.5) is 0 Å². The van der Waals surface area contributed by atoms with E-state index in [0.29, 0.717) is 25.7 Å². The summed E-state index contributed by atoms with van der Waals surface area (Å²) >= 11 is 0. The SMILES string of the molecule is CCCCCCN1C(=O)C(C#N)=C(C)/C(=C/C=C/c2c(C)c(C#N)c(=O)n(CCCCCC)c2[O-])C1=O.CCCCCCN1C(=O)C(C#N)=C(C)/C(=C/C=C/c2c(C)c(C#N)c(=O)n(CCCCCC)c2[O-])C1=O.[Ca+2]. The van der Waals surface area contributed by atoms with Crippen molar-refractivity contribution in [2.24, 2.45) is 0 Å². The summed E-state index contributed by atoms with van der Waals surface area (Å²) in [5.74, 6) is -3.12. The molecule has 0 unspecified atom stereocenters. The second kappa shape index (κ2) is 32.7. The first kappa shape index (κ1) is 64.6. The van der Waals surface area contributed by atoms with E-state index in [2.05, 4.69) is 27.7 Å². The predicted molar refractivity (Wildman–Crippen MR) is 286 cm³/mol. The number of aromatic nitrogens is 2. The number of pyridine rings is 2. The predicted octanol–water partition coefficient (Wildman–Crippen LogP) is 8.44. The van der Waals surface area contributed by atoms with Crippen molar-refractivity contribution in [2.45, 2.75) is 171 Å². The molecular weight excluding hydrogens is 977 g/mol. The van der Waals surface area contributed by atoms with Crippen molar-refractivity contribution in [3.8, 4) is 36.0 Å². The second-order valence-electron chi connectivity index (χ2n) is 18.4. The number of nitriles is 4. The molecule has 2 aliphatic rings. The zero-order valence-electron chi connectivity index (χ0n) is 45.2. The van der Waals surface area contributed by atoms with Gasteiger partial charge in [0.2, 0.25) is 0 Å². The van der Waals surface area contributed by atoms with Gasteiger partial charge < -0.3 is 19.3 Å². The van der Waals surface area contributed by atoms with Crippen LogP contribution in [0.25, 0.3) is 12.2 Å². The van der Waals surface area contributed by atoms with Gasteiger partial charge >= 0.3 is 37.7 Å². The quantitative estimate of drug-likeness (QED) is 0.0415. The largest absolute Gasteiger partial charge is 2.00 e. The average Bonchev–Trinajstić information content (AvgIpc) is 3.37. The number of carbonyl (C=O) groups is 4. The number of rotatable bonds is 24. The molecule has 0 saturated carbocycles. The summed E-state index contributed by atoms with van der Waals surface area (Å²) in [6.45, 7) is 15.4. The molecule has 2 aromatic heterocycles. The van der Waals surface area contributed by atoms with E-state index in [0.717, 1.165) is 96.0 Å². The molecule has 392 valence electrons. The van der Waals surface area contributed by atoms with Gasteiger partial charge in [-0.15, -0.1) is 0 Å². The van der Waals surface area contributed by atoms with Crippen molar-refractivity contribution in [3.63, 3.8) is 0 Å². The Balaban J connectivity index is 0.000000507. The van der Waals surface area contributed by atoms with Crippen LogP contribution in [0.3, 0.4) is 0 Å². The molecule has 2 aromatic rings. The molecule has 0 spiro atoms. The average molecular weight is 1050 g/mol. The number of imide groups is 2. The van der Waals surface area contributed by atoms with Crippen molar-refractivity contribution < 1.29 is 29.4 Å². The minimum atomic E-state index is -0.589. The van der Waals surface area contributed by atoms with Gasteiger partial charge in [0.25, 0.3) is 34.7 Å². The van der Waals surface area contributed by atoms with Gasteiger partial charge in [0.1, 0.15) is 46.5 Å². The number of nitrogens with zero attached hydrogens (tertiary/aromatic N) is 8. The first-order chi connectivity index (χ1) is 35.5. The van der Waals surface area contributed by atoms with E-state index >= 15 is 0 Å². The maximum absolute atomic E-state index is 13.1. The number of allylic oxidation sites excluding steroid dienone is 4. The summed E-state index contributed by atoms with van der Waals surface area (Å²) in [7, 11) is 0. The van der Waals surface area contributed by atoms with Crippen LogP contribution in [0.5, 0.6) is 11.8 Å². The first-order valence-corrected chi connectivity index (χ1v) is 25.9. The van der Waals surface area contributed by atoms with E-state index in [1.165, 1.54) is 36.5 Å². The van der Waals surface area contributed by atoms with Crippen LogP contribution in [-0.2, 0) is 32.3 Å². The van der Waals surface area contributed by atoms with Gasteiger partial charge in [-0.1, -0.05) is 129 Å². The number of unbranched alkanes of at least 4 members (excludes halogenated alkanes) is 12. The summed E-state index contributed by atoms with van der Waals surface area (Å²) in [5, 5.41) is 64.4. The summed E-state index contributed by atoms with van der Waals surface area (Å²) in [5.41, 5.74) is 0.411. The van der Waals surface area contributed by atoms with Gasteiger partial charge in [-0.2, -0.15) is 21.0 Å². The topological polar surface area (TPSA) is 260 Å². The van der Waals surface area contributed by atoms with Crippen molar-refractivity contribution >= 4 is 73.5 Å². The monoisotopic (exact) mass is 1050 g/mol. The molecule has 0 fully saturated rings. The molecular formula is C58H70CaN8O8. The Bertz CT molecular complexity index is 2740. The summed E-state index contributed by atoms with van der Waals surface area (Å²) in [6, 6.07) is 7.67. The number of amides is 4. The smallest absolute Gasteiger partial charge is 0.860 e. The third-order valence-corrected chi connectivity index (χ3v) is 13.3. The van der Waals surface area contributed by atoms with Gasteiger partial charge in [-0.25, -0.2) is 0 Å². The van der Waals surface area contributed by atoms with E-state index in [-0.39, 0.29) is 131 Å². The van der Waals surface area contributed by atoms with Crippen LogP contribution in [0.2, 0.25) is 0 Å². The molecule has 0 aromatic carbocycles. The first-order valence-electron chi connectivity index (χ1n) is 25.9. The van der Waals surface area contributed by atoms with Gasteiger partial charge in [-0.05, 0) is 111 Å². The molecule has 16 nitrogen and oxygen atoms in total. The minimum Gasteiger partial charge on any atom is -0.860 e. The second-order valence-corrected chi connectivity index (χ2v) is 18.4. The molecule has 0 radical (unpaired) electrons. The van der Waals surface area contributed by atoms with Crippen LogP contribution in [-0.4, -0.2) is 93.4 Å². The summed E-state index contributed by atoms with van der Waals surface area (Å²) in [6.07, 6.45) is 23.0. The van der Waals surface area contributed by atoms with Gasteiger partial charge in [-0.3, -0.25) is 38.6 Å². The van der Waals surface area contributed by atoms with Gasteiger partial charge in [0.15, 0.2) is 0 Å². The van der Waals surface area contributed by atoms with E-state index in [4.69, 9.17) is 0 Å². The molecule has 75 heavy (non-hydrogen) atoms. The van der Waals surface area contributed by atoms with E-state index in [9.17, 15) is 60.0 Å². The molecule has 0 saturated heterocycles. The molecule has 0 aliphatic carbocycles. The normalized spacial score (nSPS) is 14.9. The summed E-state index contributed by atoms with van der Waals surface area (Å²) in [4.78, 5) is 79.3. The number of carbonyl (C=O) groups excluding carboxylic acids is 4. The Morgan fingerprint density at radius 3 is 1.03 bits per heavy atom. The zero-order chi connectivity index (χ0) is 55.1. The van der Waals surface area contributed by atoms with Crippen molar-refractivity contribution in [1.82, 2.24) is 18.9 Å². The van der Waals surface area contributed by atoms with E-state index in [1.807, 2.05) is 24.3 Å². The molecule has 0 bridgehead atoms. The Morgan fingerprint density at radius 1 is 0.440 bits per heavy atom. The van der Waals surface area contributed by atoms with E-state index in [1.54, 1.807) is 27.7 Å². The van der Waals surface area contributed by atoms with Crippen LogP contribution in [0.1, 0.15) is 178 Å². The Morgan fingerprint density at radius 2 is 0.747 bits per heavy atom. The molecule has 4 rings (SSSR count). The maximum atomic E-state index is 13.1. The summed E-state index contributed by atoms with van der Waals surface area (Å²) < 4.78 is 2.21. The fourth-order valence-corrected chi connectivity index (χ4v) is 8.70. The molecule has 4 amide bonds. The van der Waals surface area contributed by atoms with Crippen LogP contribution in [0, 0.1) is 59.2 Å². The Kier molecular flexibility index (Phi) is 28.1. The fraction of sp³-hybridized carbons (Fsp3) is 0.483. The zero-order valence-corrected chi connectivity index (χ0v) is 47.4. The van der Waals surface area contributed by atoms with Crippen molar-refractivity contribution in [3.05, 3.63) is 112 Å². The number of hydrogen-bond donors (Lipinski definition) is 0. The van der Waals surface area contributed by atoms with Crippen molar-refractivity contribution in [1.29, 1.82) is 21.0 Å². The molecule has 2 aliphatic heterocycles. The molecule has 4 heterocycles. The van der Waals surface area contributed by atoms with Gasteiger partial charge in [0, 0.05) is 37.3 Å². The van der Waals surface area contributed by atoms with Crippen LogP contribution in [0.15, 0.2) is 67.3 Å². The third kappa shape index (κ3) is 16.2. The Labute approximate surface area is 471 Å². The standard InChI is InChI=1S/2C29H36N4O4.Ca/c2*1-5-7-9-11-16-32-26(34)22(20(3)24(18-30)28(32)36)14-13-15-23-21(4)25(19-31)29(37)33(27(23)35)17-12-10-8-6-2;/h2*13-15,34H,5-12,16-17H2,1-4H3;/q;;+2/p-2/b2*14-13+,23-15-;. The molecule has 0 N–H and O–H groups in total. The maximum Gasteiger partial charge on any atom is 2.00 e. The number of hydrogen-bond acceptors (Lipinski definition) is 12. The van der Waals surface area contributed by atoms with Crippen molar-refractivity contribution in [2.75, 3.05) is 13.1 Å². The molecule has 17 heteroatoms. The van der Waals surface area contributed by atoms with E-state index < -0.39 is 46.5 Å². The van der Waals surface area contributed by atoms with Crippen LogP contribution < -0.4 is 21.3 Å². The Hall–Kier alpha value is -6.56. The third-order valence-electron chi connectivity index (χ3n) is 13.3. The fourth-order valence-electron chi connectivity index (χ4n) is 8.70. The molecule has 0 atom stereocenters. The minimum absolute atomic E-state index is 0.